The fourth-order valence-electron chi connectivity index (χ4n) is 3.08. The Balaban J connectivity index is 1.42. The molecule has 2 heterocycles. The van der Waals surface area contributed by atoms with Crippen LogP contribution in [0, 0.1) is 5.82 Å². The monoisotopic (exact) mass is 428 g/mol. The molecule has 1 unspecified atom stereocenters. The number of rotatable bonds is 5. The van der Waals surface area contributed by atoms with Crippen LogP contribution in [-0.2, 0) is 16.0 Å². The van der Waals surface area contributed by atoms with Gasteiger partial charge in [-0.3, -0.25) is 14.9 Å². The first-order valence-electron chi connectivity index (χ1n) is 9.10. The maximum Gasteiger partial charge on any atom is 0.409 e. The fourth-order valence-corrected chi connectivity index (χ4v) is 3.76. The van der Waals surface area contributed by atoms with Crippen molar-refractivity contribution in [3.63, 3.8) is 0 Å². The quantitative estimate of drug-likeness (QED) is 0.727. The van der Waals surface area contributed by atoms with E-state index in [9.17, 15) is 18.8 Å². The van der Waals surface area contributed by atoms with Gasteiger partial charge in [0, 0.05) is 7.05 Å². The number of cyclic esters (lactones) is 1. The number of carbonyl (C=O) groups excluding carboxylic acids is 3. The predicted octanol–water partition coefficient (Wildman–Crippen LogP) is 3.94. The molecule has 2 saturated heterocycles. The Labute approximate surface area is 175 Å². The van der Waals surface area contributed by atoms with Gasteiger partial charge in [0.1, 0.15) is 12.4 Å². The van der Waals surface area contributed by atoms with E-state index in [1.165, 1.54) is 18.2 Å². The SMILES string of the molecule is CN1C(=O)OCC1Cc1ccc(Oc2ccc(C=C3SC(=O)NC3=O)cc2F)cc1. The summed E-state index contributed by atoms with van der Waals surface area (Å²) >= 11 is 0.772. The van der Waals surface area contributed by atoms with Crippen molar-refractivity contribution in [2.24, 2.45) is 0 Å². The smallest absolute Gasteiger partial charge is 0.409 e. The number of nitrogens with one attached hydrogen (secondary N) is 1. The molecule has 0 spiro atoms. The van der Waals surface area contributed by atoms with Gasteiger partial charge in [-0.05, 0) is 59.7 Å². The predicted molar refractivity (Wildman–Crippen MR) is 109 cm³/mol. The van der Waals surface area contributed by atoms with E-state index >= 15 is 0 Å². The fraction of sp³-hybridized carbons (Fsp3) is 0.190. The Kier molecular flexibility index (Phi) is 5.45. The largest absolute Gasteiger partial charge is 0.454 e. The molecule has 1 atom stereocenters. The molecule has 2 aliphatic heterocycles. The highest BCUT2D eigenvalue weighted by Crippen LogP contribution is 2.29. The summed E-state index contributed by atoms with van der Waals surface area (Å²) in [7, 11) is 1.70. The van der Waals surface area contributed by atoms with E-state index in [1.54, 1.807) is 30.1 Å². The molecule has 0 saturated carbocycles. The number of carbonyl (C=O) groups is 3. The zero-order chi connectivity index (χ0) is 21.3. The summed E-state index contributed by atoms with van der Waals surface area (Å²) in [5.74, 6) is -0.580. The van der Waals surface area contributed by atoms with E-state index in [0.29, 0.717) is 24.3 Å². The third kappa shape index (κ3) is 4.30. The first kappa shape index (κ1) is 20.0. The molecule has 2 fully saturated rings. The second kappa shape index (κ2) is 8.19. The zero-order valence-electron chi connectivity index (χ0n) is 15.9. The van der Waals surface area contributed by atoms with Crippen molar-refractivity contribution in [2.45, 2.75) is 12.5 Å². The molecule has 30 heavy (non-hydrogen) atoms. The molecule has 3 amide bonds. The van der Waals surface area contributed by atoms with Gasteiger partial charge in [0.15, 0.2) is 11.6 Å². The lowest BCUT2D eigenvalue weighted by Gasteiger charge is -2.16. The van der Waals surface area contributed by atoms with Crippen molar-refractivity contribution in [2.75, 3.05) is 13.7 Å². The number of amides is 3. The van der Waals surface area contributed by atoms with Crippen LogP contribution in [0.5, 0.6) is 11.5 Å². The van der Waals surface area contributed by atoms with Gasteiger partial charge >= 0.3 is 6.09 Å². The van der Waals surface area contributed by atoms with Crippen molar-refractivity contribution in [3.05, 3.63) is 64.3 Å². The Morgan fingerprint density at radius 2 is 2.00 bits per heavy atom. The van der Waals surface area contributed by atoms with Crippen molar-refractivity contribution in [1.82, 2.24) is 10.2 Å². The van der Waals surface area contributed by atoms with Gasteiger partial charge in [0.25, 0.3) is 11.1 Å². The van der Waals surface area contributed by atoms with E-state index in [4.69, 9.17) is 9.47 Å². The lowest BCUT2D eigenvalue weighted by Crippen LogP contribution is -2.30. The Morgan fingerprint density at radius 3 is 2.60 bits per heavy atom. The van der Waals surface area contributed by atoms with Gasteiger partial charge in [0.05, 0.1) is 10.9 Å². The van der Waals surface area contributed by atoms with Crippen LogP contribution >= 0.6 is 11.8 Å². The maximum absolute atomic E-state index is 14.4. The Bertz CT molecular complexity index is 1050. The van der Waals surface area contributed by atoms with Crippen LogP contribution in [0.15, 0.2) is 47.4 Å². The molecule has 1 N–H and O–H groups in total. The summed E-state index contributed by atoms with van der Waals surface area (Å²) < 4.78 is 25.0. The summed E-state index contributed by atoms with van der Waals surface area (Å²) in [5.41, 5.74) is 1.45. The molecule has 7 nitrogen and oxygen atoms in total. The van der Waals surface area contributed by atoms with Gasteiger partial charge in [-0.1, -0.05) is 18.2 Å². The van der Waals surface area contributed by atoms with Crippen molar-refractivity contribution >= 4 is 35.1 Å². The number of ether oxygens (including phenoxy) is 2. The number of hydrogen-bond donors (Lipinski definition) is 1. The average Bonchev–Trinajstić information content (AvgIpc) is 3.20. The minimum atomic E-state index is -0.591. The molecule has 4 rings (SSSR count). The molecular weight excluding hydrogens is 411 g/mol. The van der Waals surface area contributed by atoms with E-state index in [1.807, 2.05) is 12.1 Å². The Hall–Kier alpha value is -3.33. The molecule has 0 aliphatic carbocycles. The second-order valence-electron chi connectivity index (χ2n) is 6.83. The minimum Gasteiger partial charge on any atom is -0.454 e. The van der Waals surface area contributed by atoms with Gasteiger partial charge in [-0.15, -0.1) is 0 Å². The molecular formula is C21H17FN2O5S. The standard InChI is InChI=1S/C21H17FN2O5S/c1-24-14(11-28-21(24)27)8-12-2-5-15(6-3-12)29-17-7-4-13(9-16(17)22)10-18-19(25)23-20(26)30-18/h2-7,9-10,14H,8,11H2,1H3,(H,23,25,26). The molecule has 2 aromatic rings. The van der Waals surface area contributed by atoms with Crippen LogP contribution < -0.4 is 10.1 Å². The van der Waals surface area contributed by atoms with Crippen LogP contribution in [0.4, 0.5) is 14.0 Å². The van der Waals surface area contributed by atoms with E-state index in [0.717, 1.165) is 17.3 Å². The highest BCUT2D eigenvalue weighted by Gasteiger charge is 2.29. The molecule has 0 aromatic heterocycles. The number of benzene rings is 2. The molecule has 154 valence electrons. The first-order valence-corrected chi connectivity index (χ1v) is 9.91. The highest BCUT2D eigenvalue weighted by molar-refractivity contribution is 8.18. The maximum atomic E-state index is 14.4. The van der Waals surface area contributed by atoms with Gasteiger partial charge in [0.2, 0.25) is 0 Å². The Morgan fingerprint density at radius 1 is 1.23 bits per heavy atom. The third-order valence-electron chi connectivity index (χ3n) is 4.75. The van der Waals surface area contributed by atoms with Gasteiger partial charge in [-0.25, -0.2) is 9.18 Å². The number of imide groups is 1. The van der Waals surface area contributed by atoms with E-state index in [2.05, 4.69) is 5.32 Å². The van der Waals surface area contributed by atoms with Gasteiger partial charge < -0.3 is 14.4 Å². The third-order valence-corrected chi connectivity index (χ3v) is 5.56. The zero-order valence-corrected chi connectivity index (χ0v) is 16.7. The summed E-state index contributed by atoms with van der Waals surface area (Å²) in [4.78, 5) is 36.0. The molecule has 0 radical (unpaired) electrons. The molecule has 2 aliphatic rings. The lowest BCUT2D eigenvalue weighted by molar-refractivity contribution is -0.115. The molecule has 2 aromatic carbocycles. The normalized spacial score (nSPS) is 19.9. The number of halogens is 1. The second-order valence-corrected chi connectivity index (χ2v) is 7.85. The summed E-state index contributed by atoms with van der Waals surface area (Å²) in [6.45, 7) is 0.357. The van der Waals surface area contributed by atoms with Crippen LogP contribution in [-0.4, -0.2) is 41.8 Å². The summed E-state index contributed by atoms with van der Waals surface area (Å²) in [6.07, 6.45) is 1.77. The van der Waals surface area contributed by atoms with E-state index in [-0.39, 0.29) is 22.8 Å². The topological polar surface area (TPSA) is 84.9 Å². The average molecular weight is 428 g/mol. The van der Waals surface area contributed by atoms with Crippen LogP contribution in [0.1, 0.15) is 11.1 Å². The van der Waals surface area contributed by atoms with Gasteiger partial charge in [-0.2, -0.15) is 0 Å². The van der Waals surface area contributed by atoms with E-state index < -0.39 is 17.0 Å². The minimum absolute atomic E-state index is 0.0150. The molecule has 9 heteroatoms. The van der Waals surface area contributed by atoms with Crippen molar-refractivity contribution < 1.29 is 28.2 Å². The number of nitrogens with zero attached hydrogens (tertiary/aromatic N) is 1. The number of hydrogen-bond acceptors (Lipinski definition) is 6. The summed E-state index contributed by atoms with van der Waals surface area (Å²) in [5, 5.41) is 1.70. The first-order chi connectivity index (χ1) is 14.4. The van der Waals surface area contributed by atoms with Crippen LogP contribution in [0.25, 0.3) is 6.08 Å². The number of thioether (sulfide) groups is 1. The van der Waals surface area contributed by atoms with Crippen molar-refractivity contribution in [1.29, 1.82) is 0 Å². The number of likely N-dealkylation sites (N-methyl/N-ethyl adjacent to an activating group) is 1. The van der Waals surface area contributed by atoms with Crippen molar-refractivity contribution in [3.8, 4) is 11.5 Å². The lowest BCUT2D eigenvalue weighted by atomic mass is 10.1. The van der Waals surface area contributed by atoms with Crippen LogP contribution in [0.3, 0.4) is 0 Å². The summed E-state index contributed by atoms with van der Waals surface area (Å²) in [6, 6.07) is 11.5. The molecule has 0 bridgehead atoms. The van der Waals surface area contributed by atoms with Crippen LogP contribution in [0.2, 0.25) is 0 Å². The highest BCUT2D eigenvalue weighted by atomic mass is 32.2.